The molecule has 1 heterocycles. The molecule has 0 aliphatic heterocycles. The van der Waals surface area contributed by atoms with Gasteiger partial charge in [-0.15, -0.1) is 0 Å². The molecule has 2 rings (SSSR count). The van der Waals surface area contributed by atoms with Crippen LogP contribution in [0.4, 0.5) is 0 Å². The molecule has 0 atom stereocenters. The molecule has 2 amide bonds. The van der Waals surface area contributed by atoms with Crippen LogP contribution < -0.4 is 15.4 Å². The number of para-hydroxylation sites is 1. The number of hydrogen-bond donors (Lipinski definition) is 2. The molecule has 0 bridgehead atoms. The minimum atomic E-state index is -0.300. The van der Waals surface area contributed by atoms with Crippen LogP contribution in [0.3, 0.4) is 0 Å². The first-order valence-corrected chi connectivity index (χ1v) is 8.30. The lowest BCUT2D eigenvalue weighted by Gasteiger charge is -2.11. The summed E-state index contributed by atoms with van der Waals surface area (Å²) in [5.74, 6) is 0.135. The van der Waals surface area contributed by atoms with E-state index in [4.69, 9.17) is 4.74 Å². The Hall–Kier alpha value is -2.93. The monoisotopic (exact) mass is 356 g/mol. The van der Waals surface area contributed by atoms with Crippen molar-refractivity contribution in [2.45, 2.75) is 6.54 Å². The van der Waals surface area contributed by atoms with Gasteiger partial charge in [0.1, 0.15) is 11.4 Å². The molecule has 0 radical (unpaired) electrons. The number of pyridine rings is 1. The minimum Gasteiger partial charge on any atom is -0.496 e. The van der Waals surface area contributed by atoms with Gasteiger partial charge in [-0.25, -0.2) is 0 Å². The number of carbonyl (C=O) groups is 2. The van der Waals surface area contributed by atoms with E-state index in [9.17, 15) is 9.59 Å². The second-order valence-corrected chi connectivity index (χ2v) is 5.98. The summed E-state index contributed by atoms with van der Waals surface area (Å²) in [5, 5.41) is 5.61. The predicted octanol–water partition coefficient (Wildman–Crippen LogP) is 1.31. The summed E-state index contributed by atoms with van der Waals surface area (Å²) >= 11 is 0. The Bertz CT molecular complexity index is 762. The Morgan fingerprint density at radius 2 is 1.88 bits per heavy atom. The molecule has 0 spiro atoms. The Morgan fingerprint density at radius 3 is 2.62 bits per heavy atom. The van der Waals surface area contributed by atoms with Crippen molar-refractivity contribution in [1.29, 1.82) is 0 Å². The topological polar surface area (TPSA) is 83.6 Å². The van der Waals surface area contributed by atoms with Gasteiger partial charge in [0, 0.05) is 37.0 Å². The number of likely N-dealkylation sites (N-methyl/N-ethyl adjacent to an activating group) is 1. The molecule has 0 fully saturated rings. The van der Waals surface area contributed by atoms with Crippen molar-refractivity contribution in [3.05, 3.63) is 59.4 Å². The first-order valence-electron chi connectivity index (χ1n) is 8.30. The van der Waals surface area contributed by atoms with Crippen LogP contribution in [0.1, 0.15) is 26.4 Å². The lowest BCUT2D eigenvalue weighted by Crippen LogP contribution is -2.32. The van der Waals surface area contributed by atoms with E-state index in [-0.39, 0.29) is 17.5 Å². The number of ether oxygens (including phenoxy) is 1. The molecule has 1 aromatic carbocycles. The number of nitrogens with zero attached hydrogens (tertiary/aromatic N) is 2. The van der Waals surface area contributed by atoms with Crippen LogP contribution in [0.5, 0.6) is 5.75 Å². The average molecular weight is 356 g/mol. The van der Waals surface area contributed by atoms with Crippen molar-refractivity contribution >= 4 is 11.8 Å². The zero-order valence-electron chi connectivity index (χ0n) is 15.3. The fourth-order valence-corrected chi connectivity index (χ4v) is 2.31. The van der Waals surface area contributed by atoms with E-state index in [1.54, 1.807) is 13.2 Å². The Kier molecular flexibility index (Phi) is 7.11. The van der Waals surface area contributed by atoms with Crippen LogP contribution in [0, 0.1) is 0 Å². The maximum Gasteiger partial charge on any atom is 0.269 e. The summed E-state index contributed by atoms with van der Waals surface area (Å²) in [7, 11) is 5.44. The third kappa shape index (κ3) is 5.56. The van der Waals surface area contributed by atoms with Crippen LogP contribution in [0.15, 0.2) is 42.6 Å². The highest BCUT2D eigenvalue weighted by Gasteiger charge is 2.12. The van der Waals surface area contributed by atoms with E-state index >= 15 is 0 Å². The third-order valence-corrected chi connectivity index (χ3v) is 3.73. The van der Waals surface area contributed by atoms with Crippen molar-refractivity contribution in [3.63, 3.8) is 0 Å². The highest BCUT2D eigenvalue weighted by atomic mass is 16.5. The van der Waals surface area contributed by atoms with Crippen molar-refractivity contribution < 1.29 is 14.3 Å². The van der Waals surface area contributed by atoms with E-state index < -0.39 is 0 Å². The number of methoxy groups -OCH3 is 1. The highest BCUT2D eigenvalue weighted by molar-refractivity contribution is 5.98. The van der Waals surface area contributed by atoms with Crippen LogP contribution in [0.25, 0.3) is 0 Å². The van der Waals surface area contributed by atoms with Gasteiger partial charge in [0.25, 0.3) is 11.8 Å². The normalized spacial score (nSPS) is 10.5. The third-order valence-electron chi connectivity index (χ3n) is 3.73. The van der Waals surface area contributed by atoms with Crippen molar-refractivity contribution in [1.82, 2.24) is 20.5 Å². The second kappa shape index (κ2) is 9.53. The summed E-state index contributed by atoms with van der Waals surface area (Å²) < 4.78 is 5.27. The first kappa shape index (κ1) is 19.4. The lowest BCUT2D eigenvalue weighted by molar-refractivity contribution is 0.0946. The van der Waals surface area contributed by atoms with Crippen LogP contribution >= 0.6 is 0 Å². The number of aromatic nitrogens is 1. The molecule has 26 heavy (non-hydrogen) atoms. The largest absolute Gasteiger partial charge is 0.496 e. The Balaban J connectivity index is 1.98. The molecule has 0 saturated carbocycles. The van der Waals surface area contributed by atoms with Crippen molar-refractivity contribution in [2.24, 2.45) is 0 Å². The van der Waals surface area contributed by atoms with Crippen LogP contribution in [-0.2, 0) is 6.54 Å². The number of nitrogens with one attached hydrogen (secondary N) is 2. The predicted molar refractivity (Wildman–Crippen MR) is 99.3 cm³/mol. The Labute approximate surface area is 153 Å². The summed E-state index contributed by atoms with van der Waals surface area (Å²) in [5.41, 5.74) is 1.47. The molecular formula is C19H24N4O3. The van der Waals surface area contributed by atoms with Gasteiger partial charge in [0.15, 0.2) is 0 Å². The summed E-state index contributed by atoms with van der Waals surface area (Å²) in [4.78, 5) is 30.5. The van der Waals surface area contributed by atoms with Gasteiger partial charge in [0.2, 0.25) is 0 Å². The molecule has 2 N–H and O–H groups in total. The zero-order valence-corrected chi connectivity index (χ0v) is 15.3. The fraction of sp³-hybridized carbons (Fsp3) is 0.316. The summed E-state index contributed by atoms with van der Waals surface area (Å²) in [6.45, 7) is 1.57. The van der Waals surface area contributed by atoms with E-state index in [1.165, 1.54) is 12.3 Å². The van der Waals surface area contributed by atoms with Crippen LogP contribution in [0.2, 0.25) is 0 Å². The standard InChI is InChI=1S/C19H24N4O3/c1-23(2)11-10-21-19(25)16-12-14(8-9-20-16)18(24)22-13-15-6-4-5-7-17(15)26-3/h4-9,12H,10-11,13H2,1-3H3,(H,21,25)(H,22,24). The van der Waals surface area contributed by atoms with Gasteiger partial charge in [-0.05, 0) is 32.3 Å². The number of rotatable bonds is 8. The summed E-state index contributed by atoms with van der Waals surface area (Å²) in [6, 6.07) is 10.5. The molecule has 0 aliphatic rings. The average Bonchev–Trinajstić information content (AvgIpc) is 2.66. The van der Waals surface area contributed by atoms with E-state index in [2.05, 4.69) is 15.6 Å². The number of amides is 2. The smallest absolute Gasteiger partial charge is 0.269 e. The molecule has 0 saturated heterocycles. The molecule has 7 heteroatoms. The maximum absolute atomic E-state index is 12.4. The van der Waals surface area contributed by atoms with Gasteiger partial charge in [-0.2, -0.15) is 0 Å². The number of benzene rings is 1. The van der Waals surface area contributed by atoms with E-state index in [1.807, 2.05) is 43.3 Å². The van der Waals surface area contributed by atoms with E-state index in [0.717, 1.165) is 12.1 Å². The minimum absolute atomic E-state index is 0.216. The molecular weight excluding hydrogens is 332 g/mol. The zero-order chi connectivity index (χ0) is 18.9. The molecule has 0 aliphatic carbocycles. The maximum atomic E-state index is 12.4. The highest BCUT2D eigenvalue weighted by Crippen LogP contribution is 2.16. The quantitative estimate of drug-likeness (QED) is 0.745. The molecule has 138 valence electrons. The lowest BCUT2D eigenvalue weighted by atomic mass is 10.1. The van der Waals surface area contributed by atoms with Gasteiger partial charge in [0.05, 0.1) is 7.11 Å². The Morgan fingerprint density at radius 1 is 1.12 bits per heavy atom. The second-order valence-electron chi connectivity index (χ2n) is 5.98. The molecule has 0 unspecified atom stereocenters. The molecule has 1 aromatic heterocycles. The van der Waals surface area contributed by atoms with Gasteiger partial charge in [-0.3, -0.25) is 14.6 Å². The van der Waals surface area contributed by atoms with Gasteiger partial charge in [-0.1, -0.05) is 18.2 Å². The van der Waals surface area contributed by atoms with Gasteiger partial charge < -0.3 is 20.3 Å². The van der Waals surface area contributed by atoms with Crippen LogP contribution in [-0.4, -0.2) is 56.0 Å². The molecule has 2 aromatic rings. The SMILES string of the molecule is COc1ccccc1CNC(=O)c1ccnc(C(=O)NCCN(C)C)c1. The van der Waals surface area contributed by atoms with Crippen molar-refractivity contribution in [2.75, 3.05) is 34.3 Å². The van der Waals surface area contributed by atoms with Gasteiger partial charge >= 0.3 is 0 Å². The van der Waals surface area contributed by atoms with E-state index in [0.29, 0.717) is 24.4 Å². The fourth-order valence-electron chi connectivity index (χ4n) is 2.31. The molecule has 7 nitrogen and oxygen atoms in total. The first-order chi connectivity index (χ1) is 12.5. The number of hydrogen-bond acceptors (Lipinski definition) is 5. The number of carbonyl (C=O) groups excluding carboxylic acids is 2. The van der Waals surface area contributed by atoms with Crippen molar-refractivity contribution in [3.8, 4) is 5.75 Å². The summed E-state index contributed by atoms with van der Waals surface area (Å²) in [6.07, 6.45) is 1.46.